The highest BCUT2D eigenvalue weighted by molar-refractivity contribution is 5.72. The Bertz CT molecular complexity index is 473. The van der Waals surface area contributed by atoms with E-state index >= 15 is 0 Å². The van der Waals surface area contributed by atoms with Crippen molar-refractivity contribution in [1.82, 2.24) is 0 Å². The predicted octanol–water partition coefficient (Wildman–Crippen LogP) is 2.42. The topological polar surface area (TPSA) is 92.5 Å². The van der Waals surface area contributed by atoms with Crippen LogP contribution in [0.15, 0.2) is 18.2 Å². The highest BCUT2D eigenvalue weighted by Crippen LogP contribution is 2.29. The molecule has 0 amide bonds. The number of rotatable bonds is 5. The molecule has 0 bridgehead atoms. The third-order valence-electron chi connectivity index (χ3n) is 2.94. The molecule has 2 unspecified atom stereocenters. The number of nitrogens with zero attached hydrogens (tertiary/aromatic N) is 1. The van der Waals surface area contributed by atoms with Gasteiger partial charge in [-0.15, -0.1) is 0 Å². The molecule has 0 aromatic heterocycles. The smallest absolute Gasteiger partial charge is 0.308 e. The molecule has 0 heterocycles. The average Bonchev–Trinajstić information content (AvgIpc) is 2.27. The second-order valence-corrected chi connectivity index (χ2v) is 4.29. The van der Waals surface area contributed by atoms with Gasteiger partial charge in [0.25, 0.3) is 5.69 Å². The van der Waals surface area contributed by atoms with Crippen LogP contribution in [0.1, 0.15) is 19.4 Å². The predicted molar refractivity (Wildman–Crippen MR) is 67.7 cm³/mol. The highest BCUT2D eigenvalue weighted by Gasteiger charge is 2.23. The second-order valence-electron chi connectivity index (χ2n) is 4.29. The van der Waals surface area contributed by atoms with Crippen LogP contribution < -0.4 is 5.32 Å². The number of nitrogens with one attached hydrogen (secondary N) is 1. The number of benzene rings is 1. The molecule has 0 saturated heterocycles. The number of aryl methyl sites for hydroxylation is 1. The van der Waals surface area contributed by atoms with E-state index in [2.05, 4.69) is 5.32 Å². The van der Waals surface area contributed by atoms with Crippen molar-refractivity contribution >= 4 is 17.3 Å². The van der Waals surface area contributed by atoms with Crippen LogP contribution in [0.25, 0.3) is 0 Å². The van der Waals surface area contributed by atoms with E-state index in [1.165, 1.54) is 0 Å². The Morgan fingerprint density at radius 1 is 1.44 bits per heavy atom. The summed E-state index contributed by atoms with van der Waals surface area (Å²) < 4.78 is 0. The molecule has 18 heavy (non-hydrogen) atoms. The molecular weight excluding hydrogens is 236 g/mol. The molecule has 2 atom stereocenters. The van der Waals surface area contributed by atoms with Gasteiger partial charge in [-0.05, 0) is 26.8 Å². The zero-order valence-corrected chi connectivity index (χ0v) is 10.5. The molecule has 2 N–H and O–H groups in total. The molecule has 0 fully saturated rings. The maximum absolute atomic E-state index is 11.0. The van der Waals surface area contributed by atoms with Gasteiger partial charge >= 0.3 is 5.97 Å². The minimum Gasteiger partial charge on any atom is -0.481 e. The molecule has 0 aliphatic rings. The van der Waals surface area contributed by atoms with Crippen LogP contribution >= 0.6 is 0 Å². The van der Waals surface area contributed by atoms with Crippen molar-refractivity contribution in [3.8, 4) is 0 Å². The van der Waals surface area contributed by atoms with Gasteiger partial charge in [0.2, 0.25) is 0 Å². The van der Waals surface area contributed by atoms with Gasteiger partial charge in [-0.2, -0.15) is 0 Å². The highest BCUT2D eigenvalue weighted by atomic mass is 16.6. The summed E-state index contributed by atoms with van der Waals surface area (Å²) in [6.07, 6.45) is 0. The van der Waals surface area contributed by atoms with Crippen LogP contribution in [0.2, 0.25) is 0 Å². The van der Waals surface area contributed by atoms with E-state index < -0.39 is 22.9 Å². The Kier molecular flexibility index (Phi) is 4.25. The van der Waals surface area contributed by atoms with Gasteiger partial charge < -0.3 is 10.4 Å². The minimum absolute atomic E-state index is 0.0121. The summed E-state index contributed by atoms with van der Waals surface area (Å²) in [6.45, 7) is 4.89. The standard InChI is InChI=1S/C12H16N2O4/c1-7-5-4-6-10(11(7)14(17)18)13-9(3)8(2)12(15)16/h4-6,8-9,13H,1-3H3,(H,15,16). The third-order valence-corrected chi connectivity index (χ3v) is 2.94. The van der Waals surface area contributed by atoms with Crippen LogP contribution in [0.5, 0.6) is 0 Å². The van der Waals surface area contributed by atoms with Crippen molar-refractivity contribution in [2.24, 2.45) is 5.92 Å². The van der Waals surface area contributed by atoms with Gasteiger partial charge in [0.15, 0.2) is 0 Å². The monoisotopic (exact) mass is 252 g/mol. The molecule has 1 aromatic rings. The van der Waals surface area contributed by atoms with Crippen LogP contribution in [0.4, 0.5) is 11.4 Å². The first kappa shape index (κ1) is 14.0. The van der Waals surface area contributed by atoms with E-state index in [1.54, 1.807) is 39.0 Å². The first-order chi connectivity index (χ1) is 8.34. The van der Waals surface area contributed by atoms with Gasteiger partial charge in [0.05, 0.1) is 10.8 Å². The van der Waals surface area contributed by atoms with Gasteiger partial charge in [-0.1, -0.05) is 12.1 Å². The Hall–Kier alpha value is -2.11. The summed E-state index contributed by atoms with van der Waals surface area (Å²) in [6, 6.07) is 4.52. The van der Waals surface area contributed by atoms with E-state index in [4.69, 9.17) is 5.11 Å². The Morgan fingerprint density at radius 2 is 2.06 bits per heavy atom. The molecule has 0 spiro atoms. The number of nitro benzene ring substituents is 1. The van der Waals surface area contributed by atoms with Crippen LogP contribution in [0.3, 0.4) is 0 Å². The molecule has 0 radical (unpaired) electrons. The number of carboxylic acids is 1. The van der Waals surface area contributed by atoms with Gasteiger partial charge in [0.1, 0.15) is 5.69 Å². The van der Waals surface area contributed by atoms with Crippen LogP contribution in [-0.4, -0.2) is 22.0 Å². The number of para-hydroxylation sites is 1. The van der Waals surface area contributed by atoms with E-state index in [1.807, 2.05) is 0 Å². The Morgan fingerprint density at radius 3 is 2.56 bits per heavy atom. The second kappa shape index (κ2) is 5.48. The Balaban J connectivity index is 3.01. The zero-order chi connectivity index (χ0) is 13.9. The summed E-state index contributed by atoms with van der Waals surface area (Å²) in [5.41, 5.74) is 0.878. The maximum atomic E-state index is 11.0. The lowest BCUT2D eigenvalue weighted by atomic mass is 10.0. The summed E-state index contributed by atoms with van der Waals surface area (Å²) >= 11 is 0. The first-order valence-corrected chi connectivity index (χ1v) is 5.58. The number of hydrogen-bond acceptors (Lipinski definition) is 4. The number of anilines is 1. The summed E-state index contributed by atoms with van der Waals surface area (Å²) in [7, 11) is 0. The molecular formula is C12H16N2O4. The molecule has 1 rings (SSSR count). The number of aliphatic carboxylic acids is 1. The van der Waals surface area contributed by atoms with Crippen molar-refractivity contribution in [3.63, 3.8) is 0 Å². The number of carbonyl (C=O) groups is 1. The lowest BCUT2D eigenvalue weighted by molar-refractivity contribution is -0.384. The van der Waals surface area contributed by atoms with Crippen molar-refractivity contribution in [3.05, 3.63) is 33.9 Å². The fraction of sp³-hybridized carbons (Fsp3) is 0.417. The molecule has 0 saturated carbocycles. The van der Waals surface area contributed by atoms with E-state index in [-0.39, 0.29) is 5.69 Å². The van der Waals surface area contributed by atoms with Crippen molar-refractivity contribution < 1.29 is 14.8 Å². The van der Waals surface area contributed by atoms with Crippen molar-refractivity contribution in [1.29, 1.82) is 0 Å². The van der Waals surface area contributed by atoms with Gasteiger partial charge in [-0.3, -0.25) is 14.9 Å². The molecule has 98 valence electrons. The lowest BCUT2D eigenvalue weighted by Gasteiger charge is -2.19. The number of hydrogen-bond donors (Lipinski definition) is 2. The first-order valence-electron chi connectivity index (χ1n) is 5.58. The number of carboxylic acid groups (broad SMARTS) is 1. The fourth-order valence-electron chi connectivity index (χ4n) is 1.60. The van der Waals surface area contributed by atoms with Crippen molar-refractivity contribution in [2.75, 3.05) is 5.32 Å². The summed E-state index contributed by atoms with van der Waals surface area (Å²) in [5.74, 6) is -1.57. The van der Waals surface area contributed by atoms with Crippen LogP contribution in [-0.2, 0) is 4.79 Å². The average molecular weight is 252 g/mol. The quantitative estimate of drug-likeness (QED) is 0.620. The van der Waals surface area contributed by atoms with Gasteiger partial charge in [0, 0.05) is 11.6 Å². The Labute approximate surface area is 105 Å². The fourth-order valence-corrected chi connectivity index (χ4v) is 1.60. The number of nitro groups is 1. The summed E-state index contributed by atoms with van der Waals surface area (Å²) in [4.78, 5) is 21.4. The van der Waals surface area contributed by atoms with Crippen LogP contribution in [0, 0.1) is 23.0 Å². The van der Waals surface area contributed by atoms with Gasteiger partial charge in [-0.25, -0.2) is 0 Å². The normalized spacial score (nSPS) is 13.7. The molecule has 0 aliphatic carbocycles. The largest absolute Gasteiger partial charge is 0.481 e. The van der Waals surface area contributed by atoms with E-state index in [0.717, 1.165) is 0 Å². The molecule has 6 nitrogen and oxygen atoms in total. The van der Waals surface area contributed by atoms with E-state index in [9.17, 15) is 14.9 Å². The minimum atomic E-state index is -0.940. The zero-order valence-electron chi connectivity index (χ0n) is 10.5. The van der Waals surface area contributed by atoms with Crippen molar-refractivity contribution in [2.45, 2.75) is 26.8 Å². The maximum Gasteiger partial charge on any atom is 0.308 e. The molecule has 1 aromatic carbocycles. The molecule has 0 aliphatic heterocycles. The lowest BCUT2D eigenvalue weighted by Crippen LogP contribution is -2.30. The summed E-state index contributed by atoms with van der Waals surface area (Å²) in [5, 5.41) is 22.8. The SMILES string of the molecule is Cc1cccc(NC(C)C(C)C(=O)O)c1[N+](=O)[O-]. The molecule has 6 heteroatoms. The third kappa shape index (κ3) is 2.97. The van der Waals surface area contributed by atoms with E-state index in [0.29, 0.717) is 11.3 Å².